The number of hydrogen-bond donors (Lipinski definition) is 0. The van der Waals surface area contributed by atoms with Crippen molar-refractivity contribution in [3.05, 3.63) is 0 Å². The lowest BCUT2D eigenvalue weighted by molar-refractivity contribution is -0.00337. The molecule has 0 heteroatoms. The fraction of sp³-hybridized carbons (Fsp3) is 1.00. The summed E-state index contributed by atoms with van der Waals surface area (Å²) in [5.74, 6) is 3.76. The molecule has 4 atom stereocenters. The lowest BCUT2D eigenvalue weighted by atomic mass is 9.56. The molecule has 84 valence electrons. The van der Waals surface area contributed by atoms with Crippen molar-refractivity contribution >= 4 is 0 Å². The first-order valence-electron chi connectivity index (χ1n) is 6.44. The predicted octanol–water partition coefficient (Wildman–Crippen LogP) is 4.74. The van der Waals surface area contributed by atoms with Crippen molar-refractivity contribution in [1.82, 2.24) is 0 Å². The van der Waals surface area contributed by atoms with Gasteiger partial charge in [-0.05, 0) is 35.5 Å². The van der Waals surface area contributed by atoms with Gasteiger partial charge in [-0.2, -0.15) is 0 Å². The van der Waals surface area contributed by atoms with Crippen LogP contribution in [0.5, 0.6) is 0 Å². The van der Waals surface area contributed by atoms with E-state index in [0.29, 0.717) is 5.41 Å². The molecule has 1 aliphatic rings. The van der Waals surface area contributed by atoms with Gasteiger partial charge in [0.1, 0.15) is 0 Å². The average molecular weight is 196 g/mol. The van der Waals surface area contributed by atoms with Crippen LogP contribution < -0.4 is 0 Å². The SMILES string of the molecule is CCC1C(C)CC(C)(C)C(C)C1CC. The molecular formula is C14H28. The van der Waals surface area contributed by atoms with Gasteiger partial charge in [0.05, 0.1) is 0 Å². The van der Waals surface area contributed by atoms with Gasteiger partial charge in [-0.1, -0.05) is 54.4 Å². The average Bonchev–Trinajstić information content (AvgIpc) is 2.10. The van der Waals surface area contributed by atoms with Crippen molar-refractivity contribution in [2.45, 2.75) is 60.8 Å². The van der Waals surface area contributed by atoms with Crippen LogP contribution in [-0.4, -0.2) is 0 Å². The third kappa shape index (κ3) is 1.99. The molecular weight excluding hydrogens is 168 g/mol. The van der Waals surface area contributed by atoms with E-state index in [-0.39, 0.29) is 0 Å². The summed E-state index contributed by atoms with van der Waals surface area (Å²) in [5.41, 5.74) is 0.561. The maximum atomic E-state index is 2.47. The summed E-state index contributed by atoms with van der Waals surface area (Å²) in [4.78, 5) is 0. The van der Waals surface area contributed by atoms with Crippen LogP contribution >= 0.6 is 0 Å². The van der Waals surface area contributed by atoms with Crippen molar-refractivity contribution in [2.24, 2.45) is 29.1 Å². The molecule has 0 bridgehead atoms. The summed E-state index contributed by atoms with van der Waals surface area (Å²) in [6.07, 6.45) is 4.16. The van der Waals surface area contributed by atoms with Crippen molar-refractivity contribution < 1.29 is 0 Å². The summed E-state index contributed by atoms with van der Waals surface area (Å²) < 4.78 is 0. The van der Waals surface area contributed by atoms with Crippen LogP contribution in [-0.2, 0) is 0 Å². The Kier molecular flexibility index (Phi) is 3.66. The molecule has 0 amide bonds. The standard InChI is InChI=1S/C14H28/c1-7-12-10(3)9-14(5,6)11(4)13(12)8-2/h10-13H,7-9H2,1-6H3. The molecule has 1 saturated carbocycles. The van der Waals surface area contributed by atoms with Crippen LogP contribution in [0.3, 0.4) is 0 Å². The Morgan fingerprint density at radius 2 is 1.50 bits per heavy atom. The van der Waals surface area contributed by atoms with Gasteiger partial charge in [0.25, 0.3) is 0 Å². The Morgan fingerprint density at radius 1 is 1.00 bits per heavy atom. The van der Waals surface area contributed by atoms with E-state index in [9.17, 15) is 0 Å². The lowest BCUT2D eigenvalue weighted by Gasteiger charge is -2.50. The minimum Gasteiger partial charge on any atom is -0.0651 e. The van der Waals surface area contributed by atoms with Gasteiger partial charge in [-0.3, -0.25) is 0 Å². The van der Waals surface area contributed by atoms with Crippen molar-refractivity contribution in [3.63, 3.8) is 0 Å². The highest BCUT2D eigenvalue weighted by Crippen LogP contribution is 2.51. The molecule has 0 N–H and O–H groups in total. The second-order valence-corrected chi connectivity index (χ2v) is 6.10. The molecule has 0 aliphatic heterocycles. The van der Waals surface area contributed by atoms with Gasteiger partial charge >= 0.3 is 0 Å². The number of hydrogen-bond acceptors (Lipinski definition) is 0. The summed E-state index contributed by atoms with van der Waals surface area (Å²) >= 11 is 0. The van der Waals surface area contributed by atoms with Crippen molar-refractivity contribution in [2.75, 3.05) is 0 Å². The molecule has 0 aromatic heterocycles. The largest absolute Gasteiger partial charge is 0.0651 e. The van der Waals surface area contributed by atoms with Crippen LogP contribution in [0, 0.1) is 29.1 Å². The molecule has 1 aliphatic carbocycles. The van der Waals surface area contributed by atoms with E-state index in [0.717, 1.165) is 23.7 Å². The molecule has 0 aromatic rings. The second kappa shape index (κ2) is 4.24. The quantitative estimate of drug-likeness (QED) is 0.598. The summed E-state index contributed by atoms with van der Waals surface area (Å²) in [6, 6.07) is 0. The zero-order valence-electron chi connectivity index (χ0n) is 10.9. The van der Waals surface area contributed by atoms with E-state index in [1.165, 1.54) is 19.3 Å². The summed E-state index contributed by atoms with van der Waals surface area (Å²) in [5, 5.41) is 0. The van der Waals surface area contributed by atoms with Crippen molar-refractivity contribution in [3.8, 4) is 0 Å². The van der Waals surface area contributed by atoms with Crippen LogP contribution in [0.4, 0.5) is 0 Å². The van der Waals surface area contributed by atoms with Gasteiger partial charge in [0.2, 0.25) is 0 Å². The lowest BCUT2D eigenvalue weighted by Crippen LogP contribution is -2.42. The Labute approximate surface area is 90.5 Å². The zero-order chi connectivity index (χ0) is 10.9. The van der Waals surface area contributed by atoms with Crippen LogP contribution in [0.1, 0.15) is 60.8 Å². The van der Waals surface area contributed by atoms with E-state index in [1.807, 2.05) is 0 Å². The molecule has 0 spiro atoms. The zero-order valence-corrected chi connectivity index (χ0v) is 10.9. The Bertz CT molecular complexity index is 178. The highest BCUT2D eigenvalue weighted by atomic mass is 14.5. The summed E-state index contributed by atoms with van der Waals surface area (Å²) in [6.45, 7) is 14.6. The van der Waals surface area contributed by atoms with Gasteiger partial charge in [-0.15, -0.1) is 0 Å². The van der Waals surface area contributed by atoms with E-state index >= 15 is 0 Å². The highest BCUT2D eigenvalue weighted by Gasteiger charge is 2.42. The van der Waals surface area contributed by atoms with Crippen molar-refractivity contribution in [1.29, 1.82) is 0 Å². The van der Waals surface area contributed by atoms with Gasteiger partial charge in [-0.25, -0.2) is 0 Å². The molecule has 0 aromatic carbocycles. The molecule has 4 unspecified atom stereocenters. The first kappa shape index (κ1) is 12.1. The Hall–Kier alpha value is 0. The first-order chi connectivity index (χ1) is 6.44. The first-order valence-corrected chi connectivity index (χ1v) is 6.44. The minimum absolute atomic E-state index is 0.561. The van der Waals surface area contributed by atoms with E-state index < -0.39 is 0 Å². The van der Waals surface area contributed by atoms with E-state index in [4.69, 9.17) is 0 Å². The maximum Gasteiger partial charge on any atom is -0.0323 e. The summed E-state index contributed by atoms with van der Waals surface area (Å²) in [7, 11) is 0. The van der Waals surface area contributed by atoms with Crippen LogP contribution in [0.25, 0.3) is 0 Å². The molecule has 14 heavy (non-hydrogen) atoms. The Morgan fingerprint density at radius 3 is 1.93 bits per heavy atom. The van der Waals surface area contributed by atoms with E-state index in [2.05, 4.69) is 41.5 Å². The molecule has 0 saturated heterocycles. The topological polar surface area (TPSA) is 0 Å². The van der Waals surface area contributed by atoms with Gasteiger partial charge in [0, 0.05) is 0 Å². The maximum absolute atomic E-state index is 2.47. The normalized spacial score (nSPS) is 42.4. The van der Waals surface area contributed by atoms with Crippen LogP contribution in [0.2, 0.25) is 0 Å². The van der Waals surface area contributed by atoms with Gasteiger partial charge in [0.15, 0.2) is 0 Å². The predicted molar refractivity (Wildman–Crippen MR) is 64.3 cm³/mol. The van der Waals surface area contributed by atoms with E-state index in [1.54, 1.807) is 0 Å². The van der Waals surface area contributed by atoms with Crippen LogP contribution in [0.15, 0.2) is 0 Å². The number of rotatable bonds is 2. The third-order valence-electron chi connectivity index (χ3n) is 4.95. The third-order valence-corrected chi connectivity index (χ3v) is 4.95. The molecule has 0 heterocycles. The molecule has 1 rings (SSSR count). The fourth-order valence-corrected chi connectivity index (χ4v) is 3.90. The van der Waals surface area contributed by atoms with Gasteiger partial charge < -0.3 is 0 Å². The second-order valence-electron chi connectivity index (χ2n) is 6.10. The fourth-order valence-electron chi connectivity index (χ4n) is 3.90. The minimum atomic E-state index is 0.561. The molecule has 0 nitrogen and oxygen atoms in total. The monoisotopic (exact) mass is 196 g/mol. The molecule has 1 fully saturated rings. The highest BCUT2D eigenvalue weighted by molar-refractivity contribution is 4.92. The smallest absolute Gasteiger partial charge is 0.0323 e. The Balaban J connectivity index is 2.85. The molecule has 0 radical (unpaired) electrons.